The number of unbranched alkanes of at least 4 members (excludes halogenated alkanes) is 5. The summed E-state index contributed by atoms with van der Waals surface area (Å²) in [5.41, 5.74) is 0.714. The van der Waals surface area contributed by atoms with Gasteiger partial charge in [0.2, 0.25) is 0 Å². The fourth-order valence-electron chi connectivity index (χ4n) is 2.01. The fourth-order valence-corrected chi connectivity index (χ4v) is 2.57. The minimum absolute atomic E-state index is 0.0954. The minimum atomic E-state index is -4.14. The molecule has 0 saturated carbocycles. The zero-order chi connectivity index (χ0) is 15.0. The van der Waals surface area contributed by atoms with Gasteiger partial charge in [-0.05, 0) is 37.1 Å². The van der Waals surface area contributed by atoms with Crippen LogP contribution in [0.4, 0.5) is 0 Å². The van der Waals surface area contributed by atoms with Crippen molar-refractivity contribution in [2.75, 3.05) is 6.61 Å². The predicted octanol–water partition coefficient (Wildman–Crippen LogP) is 3.98. The molecule has 0 aliphatic carbocycles. The van der Waals surface area contributed by atoms with E-state index in [2.05, 4.69) is 6.92 Å². The monoisotopic (exact) mass is 300 g/mol. The third-order valence-electron chi connectivity index (χ3n) is 3.20. The summed E-state index contributed by atoms with van der Waals surface area (Å²) >= 11 is 0. The molecule has 0 fully saturated rings. The van der Waals surface area contributed by atoms with Crippen molar-refractivity contribution in [2.24, 2.45) is 0 Å². The van der Waals surface area contributed by atoms with Crippen LogP contribution in [0.15, 0.2) is 23.1 Å². The molecule has 0 aromatic heterocycles. The van der Waals surface area contributed by atoms with E-state index >= 15 is 0 Å². The predicted molar refractivity (Wildman–Crippen MR) is 79.9 cm³/mol. The van der Waals surface area contributed by atoms with Gasteiger partial charge in [-0.2, -0.15) is 8.42 Å². The van der Waals surface area contributed by atoms with E-state index in [0.29, 0.717) is 17.9 Å². The quantitative estimate of drug-likeness (QED) is 0.553. The van der Waals surface area contributed by atoms with Gasteiger partial charge in [-0.25, -0.2) is 0 Å². The highest BCUT2D eigenvalue weighted by molar-refractivity contribution is 7.85. The minimum Gasteiger partial charge on any atom is -0.493 e. The second kappa shape index (κ2) is 8.27. The number of aryl methyl sites for hydroxylation is 1. The van der Waals surface area contributed by atoms with E-state index in [4.69, 9.17) is 9.29 Å². The first-order valence-electron chi connectivity index (χ1n) is 7.16. The molecule has 0 heterocycles. The number of benzene rings is 1. The molecule has 1 aromatic rings. The van der Waals surface area contributed by atoms with Gasteiger partial charge in [0.1, 0.15) is 5.75 Å². The molecule has 1 rings (SSSR count). The number of ether oxygens (including phenoxy) is 1. The van der Waals surface area contributed by atoms with E-state index in [1.807, 2.05) is 0 Å². The Hall–Kier alpha value is -1.07. The molecule has 0 amide bonds. The van der Waals surface area contributed by atoms with Gasteiger partial charge in [-0.3, -0.25) is 4.55 Å². The van der Waals surface area contributed by atoms with Gasteiger partial charge in [-0.1, -0.05) is 39.0 Å². The van der Waals surface area contributed by atoms with Crippen LogP contribution in [-0.2, 0) is 10.1 Å². The third kappa shape index (κ3) is 5.92. The van der Waals surface area contributed by atoms with Crippen molar-refractivity contribution in [1.29, 1.82) is 0 Å². The van der Waals surface area contributed by atoms with Gasteiger partial charge in [-0.15, -0.1) is 0 Å². The highest BCUT2D eigenvalue weighted by Gasteiger charge is 2.11. The van der Waals surface area contributed by atoms with Crippen LogP contribution < -0.4 is 4.74 Å². The van der Waals surface area contributed by atoms with Crippen molar-refractivity contribution in [3.8, 4) is 5.75 Å². The van der Waals surface area contributed by atoms with Crippen LogP contribution in [0.5, 0.6) is 5.75 Å². The standard InChI is InChI=1S/C15H24O4S/c1-3-4-5-6-7-8-11-19-15-10-9-14(12-13(15)2)20(16,17)18/h9-10,12H,3-8,11H2,1-2H3,(H,16,17,18). The first kappa shape index (κ1) is 17.0. The van der Waals surface area contributed by atoms with Crippen LogP contribution in [0, 0.1) is 6.92 Å². The maximum absolute atomic E-state index is 11.0. The Morgan fingerprint density at radius 3 is 2.35 bits per heavy atom. The first-order valence-corrected chi connectivity index (χ1v) is 8.60. The van der Waals surface area contributed by atoms with Crippen molar-refractivity contribution in [1.82, 2.24) is 0 Å². The van der Waals surface area contributed by atoms with E-state index < -0.39 is 10.1 Å². The second-order valence-corrected chi connectivity index (χ2v) is 6.44. The van der Waals surface area contributed by atoms with Crippen molar-refractivity contribution >= 4 is 10.1 Å². The van der Waals surface area contributed by atoms with Crippen LogP contribution in [-0.4, -0.2) is 19.6 Å². The molecule has 0 aliphatic heterocycles. The summed E-state index contributed by atoms with van der Waals surface area (Å²) in [7, 11) is -4.14. The molecule has 0 saturated heterocycles. The molecule has 0 atom stereocenters. The second-order valence-electron chi connectivity index (χ2n) is 5.02. The summed E-state index contributed by atoms with van der Waals surface area (Å²) in [5, 5.41) is 0. The highest BCUT2D eigenvalue weighted by atomic mass is 32.2. The lowest BCUT2D eigenvalue weighted by Crippen LogP contribution is -2.02. The molecule has 5 heteroatoms. The Morgan fingerprint density at radius 2 is 1.75 bits per heavy atom. The van der Waals surface area contributed by atoms with Gasteiger partial charge in [0.15, 0.2) is 0 Å². The molecule has 0 unspecified atom stereocenters. The molecular formula is C15H24O4S. The maximum atomic E-state index is 11.0. The van der Waals surface area contributed by atoms with Crippen LogP contribution in [0.3, 0.4) is 0 Å². The van der Waals surface area contributed by atoms with E-state index in [1.165, 1.54) is 37.8 Å². The van der Waals surface area contributed by atoms with E-state index in [1.54, 1.807) is 13.0 Å². The summed E-state index contributed by atoms with van der Waals surface area (Å²) in [6, 6.07) is 4.38. The zero-order valence-corrected chi connectivity index (χ0v) is 13.1. The fraction of sp³-hybridized carbons (Fsp3) is 0.600. The topological polar surface area (TPSA) is 63.6 Å². The molecule has 4 nitrogen and oxygen atoms in total. The summed E-state index contributed by atoms with van der Waals surface area (Å²) in [6.07, 6.45) is 7.20. The lowest BCUT2D eigenvalue weighted by atomic mass is 10.1. The van der Waals surface area contributed by atoms with Gasteiger partial charge in [0.25, 0.3) is 10.1 Å². The normalized spacial score (nSPS) is 11.6. The van der Waals surface area contributed by atoms with Crippen LogP contribution in [0.1, 0.15) is 51.0 Å². The van der Waals surface area contributed by atoms with Crippen molar-refractivity contribution < 1.29 is 17.7 Å². The Bertz CT molecular complexity index is 509. The van der Waals surface area contributed by atoms with Gasteiger partial charge < -0.3 is 4.74 Å². The Labute approximate surface area is 121 Å². The first-order chi connectivity index (χ1) is 9.45. The molecule has 1 N–H and O–H groups in total. The van der Waals surface area contributed by atoms with E-state index in [0.717, 1.165) is 12.8 Å². The van der Waals surface area contributed by atoms with Crippen LogP contribution in [0.2, 0.25) is 0 Å². The van der Waals surface area contributed by atoms with Crippen molar-refractivity contribution in [2.45, 2.75) is 57.3 Å². The smallest absolute Gasteiger partial charge is 0.294 e. The summed E-state index contributed by atoms with van der Waals surface area (Å²) in [4.78, 5) is -0.0954. The van der Waals surface area contributed by atoms with E-state index in [9.17, 15) is 8.42 Å². The van der Waals surface area contributed by atoms with Crippen molar-refractivity contribution in [3.05, 3.63) is 23.8 Å². The van der Waals surface area contributed by atoms with Crippen LogP contribution in [0.25, 0.3) is 0 Å². The lowest BCUT2D eigenvalue weighted by molar-refractivity contribution is 0.302. The number of hydrogen-bond acceptors (Lipinski definition) is 3. The highest BCUT2D eigenvalue weighted by Crippen LogP contribution is 2.22. The Balaban J connectivity index is 2.38. The maximum Gasteiger partial charge on any atom is 0.294 e. The molecule has 114 valence electrons. The summed E-state index contributed by atoms with van der Waals surface area (Å²) in [6.45, 7) is 4.60. The number of rotatable bonds is 9. The van der Waals surface area contributed by atoms with Gasteiger partial charge >= 0.3 is 0 Å². The molecule has 0 bridgehead atoms. The van der Waals surface area contributed by atoms with E-state index in [-0.39, 0.29) is 4.90 Å². The average molecular weight is 300 g/mol. The molecule has 0 spiro atoms. The van der Waals surface area contributed by atoms with Gasteiger partial charge in [0, 0.05) is 0 Å². The summed E-state index contributed by atoms with van der Waals surface area (Å²) in [5.74, 6) is 0.672. The molecular weight excluding hydrogens is 276 g/mol. The Morgan fingerprint density at radius 1 is 1.10 bits per heavy atom. The van der Waals surface area contributed by atoms with Gasteiger partial charge in [0.05, 0.1) is 11.5 Å². The third-order valence-corrected chi connectivity index (χ3v) is 4.05. The molecule has 0 radical (unpaired) electrons. The molecule has 1 aromatic carbocycles. The SMILES string of the molecule is CCCCCCCCOc1ccc(S(=O)(=O)O)cc1C. The Kier molecular flexibility index (Phi) is 7.02. The average Bonchev–Trinajstić information content (AvgIpc) is 2.38. The number of hydrogen-bond donors (Lipinski definition) is 1. The zero-order valence-electron chi connectivity index (χ0n) is 12.3. The molecule has 20 heavy (non-hydrogen) atoms. The van der Waals surface area contributed by atoms with Crippen LogP contribution >= 0.6 is 0 Å². The summed E-state index contributed by atoms with van der Waals surface area (Å²) < 4.78 is 36.6. The molecule has 0 aliphatic rings. The largest absolute Gasteiger partial charge is 0.493 e. The van der Waals surface area contributed by atoms with Crippen molar-refractivity contribution in [3.63, 3.8) is 0 Å². The lowest BCUT2D eigenvalue weighted by Gasteiger charge is -2.10.